The van der Waals surface area contributed by atoms with Gasteiger partial charge in [0.25, 0.3) is 0 Å². The quantitative estimate of drug-likeness (QED) is 0.782. The van der Waals surface area contributed by atoms with Crippen LogP contribution in [0.5, 0.6) is 5.75 Å². The van der Waals surface area contributed by atoms with Crippen LogP contribution in [0.25, 0.3) is 10.2 Å². The van der Waals surface area contributed by atoms with Crippen LogP contribution in [0.15, 0.2) is 16.0 Å². The van der Waals surface area contributed by atoms with E-state index >= 15 is 0 Å². The van der Waals surface area contributed by atoms with Crippen molar-refractivity contribution in [3.05, 3.63) is 21.6 Å². The summed E-state index contributed by atoms with van der Waals surface area (Å²) in [4.78, 5) is 4.38. The third-order valence-electron chi connectivity index (χ3n) is 1.90. The molecule has 0 unspecified atom stereocenters. The number of aromatic nitrogens is 1. The van der Waals surface area contributed by atoms with E-state index in [4.69, 9.17) is 4.74 Å². The molecule has 0 saturated carbocycles. The molecule has 0 radical (unpaired) electrons. The molecule has 2 aromatic rings. The van der Waals surface area contributed by atoms with Crippen LogP contribution in [0.4, 0.5) is 0 Å². The molecule has 1 aromatic heterocycles. The Kier molecular flexibility index (Phi) is 2.26. The van der Waals surface area contributed by atoms with Gasteiger partial charge in [-0.05, 0) is 34.5 Å². The monoisotopic (exact) mass is 257 g/mol. The van der Waals surface area contributed by atoms with Crippen LogP contribution in [-0.2, 0) is 0 Å². The summed E-state index contributed by atoms with van der Waals surface area (Å²) < 4.78 is 7.25. The smallest absolute Gasteiger partial charge is 0.160 e. The largest absolute Gasteiger partial charge is 0.495 e. The van der Waals surface area contributed by atoms with Gasteiger partial charge in [-0.2, -0.15) is 0 Å². The average Bonchev–Trinajstić information content (AvgIpc) is 2.48. The maximum Gasteiger partial charge on any atom is 0.160 e. The van der Waals surface area contributed by atoms with Gasteiger partial charge in [0.1, 0.15) is 5.75 Å². The van der Waals surface area contributed by atoms with Crippen molar-refractivity contribution in [2.75, 3.05) is 7.11 Å². The number of hydrogen-bond donors (Lipinski definition) is 0. The van der Waals surface area contributed by atoms with Crippen LogP contribution >= 0.6 is 27.3 Å². The van der Waals surface area contributed by atoms with Crippen LogP contribution in [0.2, 0.25) is 0 Å². The number of thiazole rings is 1. The summed E-state index contributed by atoms with van der Waals surface area (Å²) in [7, 11) is 1.68. The first-order valence-electron chi connectivity index (χ1n) is 3.82. The Bertz CT molecular complexity index is 452. The van der Waals surface area contributed by atoms with Crippen LogP contribution < -0.4 is 4.74 Å². The van der Waals surface area contributed by atoms with Gasteiger partial charge in [-0.1, -0.05) is 6.07 Å². The number of nitrogens with zero attached hydrogens (tertiary/aromatic N) is 1. The van der Waals surface area contributed by atoms with Crippen LogP contribution in [0.1, 0.15) is 5.56 Å². The lowest BCUT2D eigenvalue weighted by atomic mass is 10.2. The first-order valence-corrected chi connectivity index (χ1v) is 5.43. The highest BCUT2D eigenvalue weighted by Gasteiger charge is 2.08. The first kappa shape index (κ1) is 8.97. The number of rotatable bonds is 1. The van der Waals surface area contributed by atoms with Gasteiger partial charge in [-0.3, -0.25) is 0 Å². The molecule has 1 aromatic carbocycles. The van der Waals surface area contributed by atoms with Crippen molar-refractivity contribution in [1.82, 2.24) is 4.98 Å². The van der Waals surface area contributed by atoms with E-state index in [1.165, 1.54) is 5.56 Å². The number of aryl methyl sites for hydroxylation is 1. The Balaban J connectivity index is 2.83. The predicted octanol–water partition coefficient (Wildman–Crippen LogP) is 3.38. The summed E-state index contributed by atoms with van der Waals surface area (Å²) in [6.07, 6.45) is 0. The lowest BCUT2D eigenvalue weighted by Gasteiger charge is -2.01. The van der Waals surface area contributed by atoms with E-state index in [1.807, 2.05) is 19.1 Å². The zero-order chi connectivity index (χ0) is 9.42. The van der Waals surface area contributed by atoms with E-state index in [0.29, 0.717) is 0 Å². The first-order chi connectivity index (χ1) is 6.22. The molecule has 68 valence electrons. The van der Waals surface area contributed by atoms with Crippen molar-refractivity contribution in [3.8, 4) is 5.75 Å². The van der Waals surface area contributed by atoms with E-state index in [2.05, 4.69) is 20.9 Å². The molecule has 13 heavy (non-hydrogen) atoms. The molecule has 0 fully saturated rings. The third kappa shape index (κ3) is 1.44. The van der Waals surface area contributed by atoms with Gasteiger partial charge >= 0.3 is 0 Å². The van der Waals surface area contributed by atoms with Crippen molar-refractivity contribution >= 4 is 37.5 Å². The highest BCUT2D eigenvalue weighted by atomic mass is 79.9. The molecule has 0 amide bonds. The normalized spacial score (nSPS) is 10.7. The summed E-state index contributed by atoms with van der Waals surface area (Å²) in [5.74, 6) is 0.892. The van der Waals surface area contributed by atoms with Crippen molar-refractivity contribution in [3.63, 3.8) is 0 Å². The minimum Gasteiger partial charge on any atom is -0.495 e. The minimum absolute atomic E-state index is 0.892. The Morgan fingerprint density at radius 3 is 2.92 bits per heavy atom. The Hall–Kier alpha value is -0.610. The molecular weight excluding hydrogens is 250 g/mol. The molecule has 0 aliphatic heterocycles. The SMILES string of the molecule is COc1ccc(C)c2nc(Br)sc12. The highest BCUT2D eigenvalue weighted by molar-refractivity contribution is 9.11. The zero-order valence-corrected chi connectivity index (χ0v) is 9.70. The maximum absolute atomic E-state index is 5.25. The van der Waals surface area contributed by atoms with Crippen molar-refractivity contribution in [1.29, 1.82) is 0 Å². The van der Waals surface area contributed by atoms with E-state index in [9.17, 15) is 0 Å². The van der Waals surface area contributed by atoms with E-state index < -0.39 is 0 Å². The fourth-order valence-corrected chi connectivity index (χ4v) is 2.77. The van der Waals surface area contributed by atoms with Gasteiger partial charge in [-0.15, -0.1) is 11.3 Å². The van der Waals surface area contributed by atoms with Gasteiger partial charge in [0.2, 0.25) is 0 Å². The van der Waals surface area contributed by atoms with Gasteiger partial charge < -0.3 is 4.74 Å². The second kappa shape index (κ2) is 3.27. The molecule has 1 heterocycles. The molecule has 0 atom stereocenters. The molecule has 0 aliphatic carbocycles. The van der Waals surface area contributed by atoms with Crippen molar-refractivity contribution in [2.45, 2.75) is 6.92 Å². The van der Waals surface area contributed by atoms with Gasteiger partial charge in [0.15, 0.2) is 3.92 Å². The maximum atomic E-state index is 5.25. The molecular formula is C9H8BrNOS. The number of methoxy groups -OCH3 is 1. The summed E-state index contributed by atoms with van der Waals surface area (Å²) in [6.45, 7) is 2.05. The van der Waals surface area contributed by atoms with E-state index in [0.717, 1.165) is 19.9 Å². The molecule has 0 aliphatic rings. The molecule has 0 spiro atoms. The Labute approximate surface area is 88.7 Å². The molecule has 4 heteroatoms. The van der Waals surface area contributed by atoms with Crippen molar-refractivity contribution < 1.29 is 4.74 Å². The molecule has 0 N–H and O–H groups in total. The summed E-state index contributed by atoms with van der Waals surface area (Å²) in [6, 6.07) is 4.00. The van der Waals surface area contributed by atoms with E-state index in [-0.39, 0.29) is 0 Å². The summed E-state index contributed by atoms with van der Waals surface area (Å²) >= 11 is 4.97. The highest BCUT2D eigenvalue weighted by Crippen LogP contribution is 2.35. The number of hydrogen-bond acceptors (Lipinski definition) is 3. The van der Waals surface area contributed by atoms with Gasteiger partial charge in [0.05, 0.1) is 17.3 Å². The standard InChI is InChI=1S/C9H8BrNOS/c1-5-3-4-6(12-2)8-7(5)11-9(10)13-8/h3-4H,1-2H3. The Morgan fingerprint density at radius 2 is 2.23 bits per heavy atom. The van der Waals surface area contributed by atoms with Crippen molar-refractivity contribution in [2.24, 2.45) is 0 Å². The number of benzene rings is 1. The van der Waals surface area contributed by atoms with Gasteiger partial charge in [0, 0.05) is 0 Å². The number of fused-ring (bicyclic) bond motifs is 1. The molecule has 2 nitrogen and oxygen atoms in total. The molecule has 0 bridgehead atoms. The fourth-order valence-electron chi connectivity index (χ4n) is 1.24. The fraction of sp³-hybridized carbons (Fsp3) is 0.222. The zero-order valence-electron chi connectivity index (χ0n) is 7.30. The third-order valence-corrected chi connectivity index (χ3v) is 3.42. The lowest BCUT2D eigenvalue weighted by molar-refractivity contribution is 0.420. The average molecular weight is 258 g/mol. The van der Waals surface area contributed by atoms with Gasteiger partial charge in [-0.25, -0.2) is 4.98 Å². The van der Waals surface area contributed by atoms with Crippen LogP contribution in [-0.4, -0.2) is 12.1 Å². The second-order valence-corrected chi connectivity index (χ2v) is 5.00. The topological polar surface area (TPSA) is 22.1 Å². The number of ether oxygens (including phenoxy) is 1. The molecule has 0 saturated heterocycles. The summed E-state index contributed by atoms with van der Waals surface area (Å²) in [5, 5.41) is 0. The van der Waals surface area contributed by atoms with E-state index in [1.54, 1.807) is 18.4 Å². The number of halogens is 1. The lowest BCUT2D eigenvalue weighted by Crippen LogP contribution is -1.84. The van der Waals surface area contributed by atoms with Crippen LogP contribution in [0.3, 0.4) is 0 Å². The van der Waals surface area contributed by atoms with Crippen LogP contribution in [0, 0.1) is 6.92 Å². The Morgan fingerprint density at radius 1 is 1.46 bits per heavy atom. The second-order valence-electron chi connectivity index (χ2n) is 2.73. The summed E-state index contributed by atoms with van der Waals surface area (Å²) in [5.41, 5.74) is 2.20. The predicted molar refractivity (Wildman–Crippen MR) is 58.6 cm³/mol. The molecule has 2 rings (SSSR count). The minimum atomic E-state index is 0.892.